The zero-order valence-electron chi connectivity index (χ0n) is 10.1. The maximum absolute atomic E-state index is 11.5. The van der Waals surface area contributed by atoms with Crippen molar-refractivity contribution in [3.63, 3.8) is 0 Å². The number of nitrogens with zero attached hydrogens (tertiary/aromatic N) is 3. The summed E-state index contributed by atoms with van der Waals surface area (Å²) in [7, 11) is 0. The number of esters is 1. The van der Waals surface area contributed by atoms with Gasteiger partial charge in [-0.1, -0.05) is 13.3 Å². The van der Waals surface area contributed by atoms with Crippen molar-refractivity contribution in [3.05, 3.63) is 11.6 Å². The van der Waals surface area contributed by atoms with Gasteiger partial charge in [-0.05, 0) is 13.3 Å². The average Bonchev–Trinajstić information content (AvgIpc) is 2.82. The Morgan fingerprint density at radius 1 is 1.59 bits per heavy atom. The number of ether oxygens (including phenoxy) is 1. The standard InChI is InChI=1S/C11H17N3O3/c1-3-5-7-6-8(15)10-12-9(13-14(7)10)11(16)17-4-2/h7-8,15H,3-6H2,1-2H3/t7-,8-/m1/s1. The van der Waals surface area contributed by atoms with Crippen LogP contribution >= 0.6 is 0 Å². The van der Waals surface area contributed by atoms with Gasteiger partial charge in [0.15, 0.2) is 5.82 Å². The van der Waals surface area contributed by atoms with Crippen LogP contribution in [0.5, 0.6) is 0 Å². The van der Waals surface area contributed by atoms with E-state index in [1.807, 2.05) is 0 Å². The van der Waals surface area contributed by atoms with E-state index in [0.717, 1.165) is 12.8 Å². The van der Waals surface area contributed by atoms with Crippen LogP contribution in [0.25, 0.3) is 0 Å². The summed E-state index contributed by atoms with van der Waals surface area (Å²) in [6.45, 7) is 4.10. The van der Waals surface area contributed by atoms with E-state index in [4.69, 9.17) is 4.74 Å². The largest absolute Gasteiger partial charge is 0.460 e. The lowest BCUT2D eigenvalue weighted by molar-refractivity contribution is 0.0510. The molecule has 6 heteroatoms. The van der Waals surface area contributed by atoms with Gasteiger partial charge in [-0.15, -0.1) is 5.10 Å². The molecular weight excluding hydrogens is 222 g/mol. The van der Waals surface area contributed by atoms with Gasteiger partial charge in [0.2, 0.25) is 0 Å². The molecule has 0 fully saturated rings. The van der Waals surface area contributed by atoms with Crippen LogP contribution in [0, 0.1) is 0 Å². The quantitative estimate of drug-likeness (QED) is 0.800. The smallest absolute Gasteiger partial charge is 0.378 e. The highest BCUT2D eigenvalue weighted by Gasteiger charge is 2.33. The highest BCUT2D eigenvalue weighted by molar-refractivity contribution is 5.85. The molecule has 2 atom stereocenters. The molecule has 0 saturated carbocycles. The molecule has 0 spiro atoms. The second-order valence-electron chi connectivity index (χ2n) is 4.15. The highest BCUT2D eigenvalue weighted by Crippen LogP contribution is 2.35. The summed E-state index contributed by atoms with van der Waals surface area (Å²) in [4.78, 5) is 15.5. The summed E-state index contributed by atoms with van der Waals surface area (Å²) in [6.07, 6.45) is 1.94. The van der Waals surface area contributed by atoms with Gasteiger partial charge in [-0.2, -0.15) is 0 Å². The van der Waals surface area contributed by atoms with Crippen LogP contribution in [-0.2, 0) is 4.74 Å². The van der Waals surface area contributed by atoms with Crippen molar-refractivity contribution in [2.75, 3.05) is 6.61 Å². The number of hydrogen-bond acceptors (Lipinski definition) is 5. The van der Waals surface area contributed by atoms with Crippen molar-refractivity contribution in [1.29, 1.82) is 0 Å². The third-order valence-electron chi connectivity index (χ3n) is 2.88. The molecule has 0 aliphatic carbocycles. The van der Waals surface area contributed by atoms with Gasteiger partial charge in [-0.3, -0.25) is 0 Å². The molecule has 0 aromatic carbocycles. The average molecular weight is 239 g/mol. The first-order valence-corrected chi connectivity index (χ1v) is 5.99. The minimum atomic E-state index is -0.623. The molecule has 0 saturated heterocycles. The third-order valence-corrected chi connectivity index (χ3v) is 2.88. The molecule has 2 heterocycles. The maximum atomic E-state index is 11.5. The number of aliphatic hydroxyl groups excluding tert-OH is 1. The Hall–Kier alpha value is -1.43. The number of carbonyl (C=O) groups is 1. The first-order valence-electron chi connectivity index (χ1n) is 5.99. The second-order valence-corrected chi connectivity index (χ2v) is 4.15. The first kappa shape index (κ1) is 12.0. The van der Waals surface area contributed by atoms with E-state index in [9.17, 15) is 9.90 Å². The molecule has 1 aliphatic heterocycles. The molecule has 94 valence electrons. The normalized spacial score (nSPS) is 22.5. The summed E-state index contributed by atoms with van der Waals surface area (Å²) in [5, 5.41) is 14.0. The van der Waals surface area contributed by atoms with E-state index in [1.165, 1.54) is 0 Å². The molecule has 0 unspecified atom stereocenters. The van der Waals surface area contributed by atoms with Crippen molar-refractivity contribution < 1.29 is 14.6 Å². The fraction of sp³-hybridized carbons (Fsp3) is 0.727. The Bertz CT molecular complexity index is 416. The Kier molecular flexibility index (Phi) is 3.42. The number of carbonyl (C=O) groups excluding carboxylic acids is 1. The molecule has 0 bridgehead atoms. The van der Waals surface area contributed by atoms with Crippen LogP contribution in [0.3, 0.4) is 0 Å². The fourth-order valence-corrected chi connectivity index (χ4v) is 2.15. The van der Waals surface area contributed by atoms with Crippen molar-refractivity contribution in [1.82, 2.24) is 14.8 Å². The second kappa shape index (κ2) is 4.83. The predicted molar refractivity (Wildman–Crippen MR) is 59.5 cm³/mol. The van der Waals surface area contributed by atoms with Gasteiger partial charge < -0.3 is 9.84 Å². The molecule has 1 aromatic heterocycles. The minimum absolute atomic E-state index is 0.0432. The van der Waals surface area contributed by atoms with Crippen molar-refractivity contribution in [3.8, 4) is 0 Å². The predicted octanol–water partition coefficient (Wildman–Crippen LogP) is 1.23. The molecular formula is C11H17N3O3. The van der Waals surface area contributed by atoms with Crippen LogP contribution in [-0.4, -0.2) is 32.4 Å². The zero-order valence-corrected chi connectivity index (χ0v) is 10.1. The van der Waals surface area contributed by atoms with E-state index in [0.29, 0.717) is 18.9 Å². The number of aliphatic hydroxyl groups is 1. The van der Waals surface area contributed by atoms with E-state index in [1.54, 1.807) is 11.6 Å². The number of hydrogen-bond donors (Lipinski definition) is 1. The highest BCUT2D eigenvalue weighted by atomic mass is 16.5. The van der Waals surface area contributed by atoms with Gasteiger partial charge in [0.1, 0.15) is 6.10 Å². The lowest BCUT2D eigenvalue weighted by Crippen LogP contribution is -2.10. The molecule has 0 radical (unpaired) electrons. The van der Waals surface area contributed by atoms with Gasteiger partial charge in [0.25, 0.3) is 5.82 Å². The number of rotatable bonds is 4. The van der Waals surface area contributed by atoms with Crippen LogP contribution in [0.2, 0.25) is 0 Å². The van der Waals surface area contributed by atoms with Gasteiger partial charge in [0, 0.05) is 6.42 Å². The van der Waals surface area contributed by atoms with Crippen LogP contribution in [0.1, 0.15) is 61.7 Å². The van der Waals surface area contributed by atoms with E-state index in [-0.39, 0.29) is 11.9 Å². The number of aromatic nitrogens is 3. The molecule has 0 amide bonds. The molecule has 2 rings (SSSR count). The van der Waals surface area contributed by atoms with E-state index in [2.05, 4.69) is 17.0 Å². The third kappa shape index (κ3) is 2.17. The van der Waals surface area contributed by atoms with Crippen LogP contribution in [0.15, 0.2) is 0 Å². The van der Waals surface area contributed by atoms with Crippen molar-refractivity contribution in [2.24, 2.45) is 0 Å². The Morgan fingerprint density at radius 2 is 2.35 bits per heavy atom. The van der Waals surface area contributed by atoms with E-state index < -0.39 is 12.1 Å². The topological polar surface area (TPSA) is 77.2 Å². The summed E-state index contributed by atoms with van der Waals surface area (Å²) in [5.41, 5.74) is 0. The van der Waals surface area contributed by atoms with Gasteiger partial charge in [-0.25, -0.2) is 14.5 Å². The number of fused-ring (bicyclic) bond motifs is 1. The maximum Gasteiger partial charge on any atom is 0.378 e. The Balaban J connectivity index is 2.23. The molecule has 1 aliphatic rings. The first-order chi connectivity index (χ1) is 8.17. The molecule has 6 nitrogen and oxygen atoms in total. The molecule has 1 N–H and O–H groups in total. The summed E-state index contributed by atoms with van der Waals surface area (Å²) < 4.78 is 6.50. The lowest BCUT2D eigenvalue weighted by atomic mass is 10.1. The minimum Gasteiger partial charge on any atom is -0.460 e. The van der Waals surface area contributed by atoms with Crippen molar-refractivity contribution in [2.45, 2.75) is 45.3 Å². The lowest BCUT2D eigenvalue weighted by Gasteiger charge is -2.08. The summed E-state index contributed by atoms with van der Waals surface area (Å²) in [6, 6.07) is 0.140. The van der Waals surface area contributed by atoms with E-state index >= 15 is 0 Å². The van der Waals surface area contributed by atoms with Crippen molar-refractivity contribution >= 4 is 5.97 Å². The Morgan fingerprint density at radius 3 is 3.00 bits per heavy atom. The Labute approximate surface area is 99.6 Å². The summed E-state index contributed by atoms with van der Waals surface area (Å²) in [5.74, 6) is -0.00921. The van der Waals surface area contributed by atoms with Gasteiger partial charge >= 0.3 is 5.97 Å². The summed E-state index contributed by atoms with van der Waals surface area (Å²) >= 11 is 0. The fourth-order valence-electron chi connectivity index (χ4n) is 2.15. The molecule has 17 heavy (non-hydrogen) atoms. The van der Waals surface area contributed by atoms with Crippen LogP contribution < -0.4 is 0 Å². The van der Waals surface area contributed by atoms with Gasteiger partial charge in [0.05, 0.1) is 12.6 Å². The molecule has 1 aromatic rings. The SMILES string of the molecule is CCC[C@@H]1C[C@@H](O)c2nc(C(=O)OCC)nn21. The monoisotopic (exact) mass is 239 g/mol. The van der Waals surface area contributed by atoms with Crippen LogP contribution in [0.4, 0.5) is 0 Å². The zero-order chi connectivity index (χ0) is 12.4.